The van der Waals surface area contributed by atoms with E-state index in [9.17, 15) is 0 Å². The van der Waals surface area contributed by atoms with Gasteiger partial charge >= 0.3 is 0 Å². The van der Waals surface area contributed by atoms with Crippen molar-refractivity contribution in [3.05, 3.63) is 48.3 Å². The molecule has 0 aliphatic heterocycles. The molecule has 0 unspecified atom stereocenters. The maximum atomic E-state index is 6.11. The first-order valence-electron chi connectivity index (χ1n) is 7.83. The molecule has 3 rings (SSSR count). The van der Waals surface area contributed by atoms with Crippen LogP contribution in [0.25, 0.3) is 0 Å². The number of rotatable bonds is 6. The molecule has 4 nitrogen and oxygen atoms in total. The van der Waals surface area contributed by atoms with Crippen LogP contribution in [-0.2, 0) is 6.54 Å². The van der Waals surface area contributed by atoms with Crippen molar-refractivity contribution in [2.45, 2.75) is 38.3 Å². The Bertz CT molecular complexity index is 595. The van der Waals surface area contributed by atoms with Crippen LogP contribution in [0.2, 0.25) is 0 Å². The van der Waals surface area contributed by atoms with Gasteiger partial charge in [-0.05, 0) is 49.9 Å². The van der Waals surface area contributed by atoms with Crippen LogP contribution in [0.4, 0.5) is 5.69 Å². The summed E-state index contributed by atoms with van der Waals surface area (Å²) >= 11 is 0. The largest absolute Gasteiger partial charge is 0.493 e. The van der Waals surface area contributed by atoms with Crippen molar-refractivity contribution >= 4 is 5.69 Å². The molecule has 0 atom stereocenters. The number of benzene rings is 1. The number of anilines is 1. The van der Waals surface area contributed by atoms with Crippen molar-refractivity contribution in [1.82, 2.24) is 4.98 Å². The number of hydrogen-bond donors (Lipinski definition) is 1. The normalized spacial score (nSPS) is 14.8. The standard InChI is InChI=1S/C18H22N2O2/c1-21-17-10-9-14(20-13-15-6-4-5-11-19-15)12-18(17)22-16-7-2-3-8-16/h4-6,9-12,16,20H,2-3,7-8,13H2,1H3. The lowest BCUT2D eigenvalue weighted by Gasteiger charge is -2.17. The molecule has 4 heteroatoms. The molecular formula is C18H22N2O2. The summed E-state index contributed by atoms with van der Waals surface area (Å²) in [5.74, 6) is 1.61. The van der Waals surface area contributed by atoms with Crippen LogP contribution in [0.15, 0.2) is 42.6 Å². The summed E-state index contributed by atoms with van der Waals surface area (Å²) in [7, 11) is 1.68. The van der Waals surface area contributed by atoms with Crippen LogP contribution < -0.4 is 14.8 Å². The van der Waals surface area contributed by atoms with E-state index in [0.29, 0.717) is 12.6 Å². The van der Waals surface area contributed by atoms with Crippen molar-refractivity contribution < 1.29 is 9.47 Å². The zero-order valence-electron chi connectivity index (χ0n) is 12.9. The second kappa shape index (κ2) is 7.16. The van der Waals surface area contributed by atoms with Gasteiger partial charge in [0.05, 0.1) is 25.5 Å². The molecule has 1 aromatic heterocycles. The fourth-order valence-electron chi connectivity index (χ4n) is 2.76. The molecule has 0 bridgehead atoms. The molecule has 0 radical (unpaired) electrons. The minimum absolute atomic E-state index is 0.319. The minimum atomic E-state index is 0.319. The van der Waals surface area contributed by atoms with E-state index in [4.69, 9.17) is 9.47 Å². The maximum Gasteiger partial charge on any atom is 0.163 e. The lowest BCUT2D eigenvalue weighted by Crippen LogP contribution is -2.12. The van der Waals surface area contributed by atoms with Gasteiger partial charge < -0.3 is 14.8 Å². The van der Waals surface area contributed by atoms with Gasteiger partial charge in [0.15, 0.2) is 11.5 Å². The Morgan fingerprint density at radius 2 is 2.00 bits per heavy atom. The summed E-state index contributed by atoms with van der Waals surface area (Å²) in [5.41, 5.74) is 2.02. The predicted molar refractivity (Wildman–Crippen MR) is 87.4 cm³/mol. The molecule has 1 saturated carbocycles. The van der Waals surface area contributed by atoms with E-state index in [1.807, 2.05) is 36.4 Å². The van der Waals surface area contributed by atoms with Gasteiger partial charge in [0.25, 0.3) is 0 Å². The SMILES string of the molecule is COc1ccc(NCc2ccccn2)cc1OC1CCCC1. The average Bonchev–Trinajstić information content (AvgIpc) is 3.07. The molecule has 1 N–H and O–H groups in total. The van der Waals surface area contributed by atoms with Crippen LogP contribution in [0.5, 0.6) is 11.5 Å². The average molecular weight is 298 g/mol. The quantitative estimate of drug-likeness (QED) is 0.874. The van der Waals surface area contributed by atoms with Gasteiger partial charge in [0, 0.05) is 18.0 Å². The first kappa shape index (κ1) is 14.7. The molecule has 1 aliphatic carbocycles. The Morgan fingerprint density at radius 1 is 1.14 bits per heavy atom. The van der Waals surface area contributed by atoms with Gasteiger partial charge in [-0.2, -0.15) is 0 Å². The molecule has 1 aliphatic rings. The molecular weight excluding hydrogens is 276 g/mol. The second-order valence-electron chi connectivity index (χ2n) is 5.56. The fraction of sp³-hybridized carbons (Fsp3) is 0.389. The summed E-state index contributed by atoms with van der Waals surface area (Å²) in [4.78, 5) is 4.31. The Morgan fingerprint density at radius 3 is 2.73 bits per heavy atom. The Hall–Kier alpha value is -2.23. The van der Waals surface area contributed by atoms with E-state index in [1.54, 1.807) is 13.3 Å². The van der Waals surface area contributed by atoms with Crippen molar-refractivity contribution in [2.75, 3.05) is 12.4 Å². The number of nitrogens with one attached hydrogen (secondary N) is 1. The lowest BCUT2D eigenvalue weighted by molar-refractivity contribution is 0.201. The monoisotopic (exact) mass is 298 g/mol. The Balaban J connectivity index is 1.69. The first-order valence-corrected chi connectivity index (χ1v) is 7.83. The van der Waals surface area contributed by atoms with Crippen LogP contribution >= 0.6 is 0 Å². The molecule has 116 valence electrons. The minimum Gasteiger partial charge on any atom is -0.493 e. The summed E-state index contributed by atoms with van der Waals surface area (Å²) in [5, 5.41) is 3.38. The fourth-order valence-corrected chi connectivity index (χ4v) is 2.76. The number of nitrogens with zero attached hydrogens (tertiary/aromatic N) is 1. The first-order chi connectivity index (χ1) is 10.8. The van der Waals surface area contributed by atoms with E-state index >= 15 is 0 Å². The number of methoxy groups -OCH3 is 1. The third-order valence-corrected chi connectivity index (χ3v) is 3.96. The highest BCUT2D eigenvalue weighted by Gasteiger charge is 2.18. The van der Waals surface area contributed by atoms with Crippen LogP contribution in [-0.4, -0.2) is 18.2 Å². The third kappa shape index (κ3) is 3.70. The van der Waals surface area contributed by atoms with E-state index < -0.39 is 0 Å². The highest BCUT2D eigenvalue weighted by Crippen LogP contribution is 2.33. The van der Waals surface area contributed by atoms with Gasteiger partial charge in [0.2, 0.25) is 0 Å². The van der Waals surface area contributed by atoms with Crippen LogP contribution in [0.3, 0.4) is 0 Å². The zero-order chi connectivity index (χ0) is 15.2. The number of ether oxygens (including phenoxy) is 2. The number of pyridine rings is 1. The van der Waals surface area contributed by atoms with E-state index in [1.165, 1.54) is 12.8 Å². The molecule has 0 saturated heterocycles. The molecule has 2 aromatic rings. The summed E-state index contributed by atoms with van der Waals surface area (Å²) in [6.45, 7) is 0.691. The summed E-state index contributed by atoms with van der Waals surface area (Å²) in [6, 6.07) is 11.9. The Labute approximate surface area is 131 Å². The van der Waals surface area contributed by atoms with E-state index in [0.717, 1.165) is 35.7 Å². The van der Waals surface area contributed by atoms with Crippen molar-refractivity contribution in [2.24, 2.45) is 0 Å². The number of hydrogen-bond acceptors (Lipinski definition) is 4. The molecule has 1 aromatic carbocycles. The number of aromatic nitrogens is 1. The highest BCUT2D eigenvalue weighted by atomic mass is 16.5. The summed E-state index contributed by atoms with van der Waals surface area (Å²) in [6.07, 6.45) is 6.90. The zero-order valence-corrected chi connectivity index (χ0v) is 12.9. The van der Waals surface area contributed by atoms with Gasteiger partial charge in [-0.1, -0.05) is 6.07 Å². The second-order valence-corrected chi connectivity index (χ2v) is 5.56. The Kier molecular flexibility index (Phi) is 4.78. The molecule has 1 heterocycles. The van der Waals surface area contributed by atoms with Crippen molar-refractivity contribution in [3.8, 4) is 11.5 Å². The molecule has 1 fully saturated rings. The van der Waals surface area contributed by atoms with Crippen molar-refractivity contribution in [3.63, 3.8) is 0 Å². The maximum absolute atomic E-state index is 6.11. The topological polar surface area (TPSA) is 43.4 Å². The summed E-state index contributed by atoms with van der Waals surface area (Å²) < 4.78 is 11.5. The van der Waals surface area contributed by atoms with Gasteiger partial charge in [-0.25, -0.2) is 0 Å². The molecule has 0 amide bonds. The predicted octanol–water partition coefficient (Wildman–Crippen LogP) is 4.02. The van der Waals surface area contributed by atoms with Crippen molar-refractivity contribution in [1.29, 1.82) is 0 Å². The van der Waals surface area contributed by atoms with Gasteiger partial charge in [-0.3, -0.25) is 4.98 Å². The van der Waals surface area contributed by atoms with Crippen LogP contribution in [0, 0.1) is 0 Å². The van der Waals surface area contributed by atoms with Crippen LogP contribution in [0.1, 0.15) is 31.4 Å². The highest BCUT2D eigenvalue weighted by molar-refractivity contribution is 5.55. The molecule has 22 heavy (non-hydrogen) atoms. The van der Waals surface area contributed by atoms with E-state index in [-0.39, 0.29) is 0 Å². The molecule has 0 spiro atoms. The van der Waals surface area contributed by atoms with Gasteiger partial charge in [0.1, 0.15) is 0 Å². The smallest absolute Gasteiger partial charge is 0.163 e. The van der Waals surface area contributed by atoms with Gasteiger partial charge in [-0.15, -0.1) is 0 Å². The van der Waals surface area contributed by atoms with E-state index in [2.05, 4.69) is 10.3 Å². The lowest BCUT2D eigenvalue weighted by atomic mass is 10.2. The third-order valence-electron chi connectivity index (χ3n) is 3.96.